The second kappa shape index (κ2) is 4.86. The van der Waals surface area contributed by atoms with Crippen molar-refractivity contribution >= 4 is 29.5 Å². The summed E-state index contributed by atoms with van der Waals surface area (Å²) in [4.78, 5) is 34.5. The van der Waals surface area contributed by atoms with Gasteiger partial charge in [-0.05, 0) is 12.0 Å². The lowest BCUT2D eigenvalue weighted by Crippen LogP contribution is -2.49. The molecule has 1 aliphatic rings. The Morgan fingerprint density at radius 3 is 2.25 bits per heavy atom. The molecule has 0 spiro atoms. The number of Topliss-reactive ketones (excluding diaryl/α,β-unsaturated/α-hetero) is 1. The standard InChI is InChI=1S/C10H14O5S/c1-10(2)14-8(12)7(9(13)15-10)6(11)4-5-16-3/h7H,4-5H2,1-3H3. The number of carbonyl (C=O) groups is 3. The van der Waals surface area contributed by atoms with Gasteiger partial charge in [0.25, 0.3) is 5.79 Å². The van der Waals surface area contributed by atoms with Crippen LogP contribution in [0.4, 0.5) is 0 Å². The lowest BCUT2D eigenvalue weighted by molar-refractivity contribution is -0.238. The van der Waals surface area contributed by atoms with Crippen molar-refractivity contribution in [3.05, 3.63) is 0 Å². The van der Waals surface area contributed by atoms with Gasteiger partial charge in [-0.1, -0.05) is 0 Å². The highest BCUT2D eigenvalue weighted by atomic mass is 32.2. The van der Waals surface area contributed by atoms with Crippen molar-refractivity contribution in [2.24, 2.45) is 5.92 Å². The predicted molar refractivity (Wildman–Crippen MR) is 57.8 cm³/mol. The monoisotopic (exact) mass is 246 g/mol. The number of ketones is 1. The number of hydrogen-bond acceptors (Lipinski definition) is 6. The van der Waals surface area contributed by atoms with E-state index in [1.54, 1.807) is 0 Å². The largest absolute Gasteiger partial charge is 0.422 e. The number of carbonyl (C=O) groups excluding carboxylic acids is 3. The van der Waals surface area contributed by atoms with Gasteiger partial charge in [0.1, 0.15) is 0 Å². The van der Waals surface area contributed by atoms with E-state index in [4.69, 9.17) is 9.47 Å². The van der Waals surface area contributed by atoms with E-state index >= 15 is 0 Å². The minimum atomic E-state index is -1.40. The molecule has 1 saturated heterocycles. The Hall–Kier alpha value is -1.04. The molecule has 1 heterocycles. The molecule has 0 aromatic carbocycles. The van der Waals surface area contributed by atoms with E-state index in [2.05, 4.69) is 0 Å². The normalized spacial score (nSPS) is 20.2. The first-order valence-electron chi connectivity index (χ1n) is 4.85. The van der Waals surface area contributed by atoms with Crippen LogP contribution in [0.2, 0.25) is 0 Å². The van der Waals surface area contributed by atoms with Gasteiger partial charge < -0.3 is 9.47 Å². The first kappa shape index (κ1) is 13.0. The number of cyclic esters (lactones) is 2. The minimum absolute atomic E-state index is 0.163. The maximum absolute atomic E-state index is 11.6. The molecule has 16 heavy (non-hydrogen) atoms. The highest BCUT2D eigenvalue weighted by Gasteiger charge is 2.46. The molecular weight excluding hydrogens is 232 g/mol. The van der Waals surface area contributed by atoms with Gasteiger partial charge >= 0.3 is 11.9 Å². The van der Waals surface area contributed by atoms with Crippen LogP contribution >= 0.6 is 11.8 Å². The van der Waals surface area contributed by atoms with Gasteiger partial charge in [-0.25, -0.2) is 0 Å². The topological polar surface area (TPSA) is 69.7 Å². The fraction of sp³-hybridized carbons (Fsp3) is 0.700. The van der Waals surface area contributed by atoms with E-state index in [1.807, 2.05) is 6.26 Å². The van der Waals surface area contributed by atoms with Crippen molar-refractivity contribution < 1.29 is 23.9 Å². The zero-order valence-electron chi connectivity index (χ0n) is 9.44. The SMILES string of the molecule is CSCCC(=O)C1C(=O)OC(C)(C)OC1=O. The average Bonchev–Trinajstić information content (AvgIpc) is 2.11. The maximum Gasteiger partial charge on any atom is 0.331 e. The minimum Gasteiger partial charge on any atom is -0.422 e. The first-order chi connectivity index (χ1) is 7.37. The van der Waals surface area contributed by atoms with Gasteiger partial charge in [0.2, 0.25) is 5.92 Å². The molecule has 1 aliphatic heterocycles. The highest BCUT2D eigenvalue weighted by Crippen LogP contribution is 2.24. The Morgan fingerprint density at radius 2 is 1.81 bits per heavy atom. The van der Waals surface area contributed by atoms with Crippen LogP contribution in [0.15, 0.2) is 0 Å². The Kier molecular flexibility index (Phi) is 3.96. The molecule has 0 amide bonds. The Labute approximate surface area is 97.9 Å². The summed E-state index contributed by atoms with van der Waals surface area (Å²) in [5.74, 6) is -4.18. The summed E-state index contributed by atoms with van der Waals surface area (Å²) in [6.45, 7) is 2.90. The van der Waals surface area contributed by atoms with Gasteiger partial charge in [-0.3, -0.25) is 14.4 Å². The molecule has 5 nitrogen and oxygen atoms in total. The Morgan fingerprint density at radius 1 is 1.31 bits per heavy atom. The Balaban J connectivity index is 2.71. The maximum atomic E-state index is 11.6. The lowest BCUT2D eigenvalue weighted by atomic mass is 10.0. The molecule has 0 aromatic rings. The molecule has 0 aromatic heterocycles. The zero-order chi connectivity index (χ0) is 12.3. The molecule has 0 N–H and O–H groups in total. The molecule has 1 rings (SSSR count). The molecule has 6 heteroatoms. The summed E-state index contributed by atoms with van der Waals surface area (Å²) >= 11 is 1.47. The van der Waals surface area contributed by atoms with Crippen molar-refractivity contribution in [2.45, 2.75) is 26.1 Å². The van der Waals surface area contributed by atoms with Gasteiger partial charge in [0, 0.05) is 20.3 Å². The van der Waals surface area contributed by atoms with Gasteiger partial charge in [-0.2, -0.15) is 11.8 Å². The van der Waals surface area contributed by atoms with E-state index < -0.39 is 29.4 Å². The van der Waals surface area contributed by atoms with E-state index in [1.165, 1.54) is 25.6 Å². The molecule has 1 fully saturated rings. The van der Waals surface area contributed by atoms with Crippen molar-refractivity contribution in [1.29, 1.82) is 0 Å². The molecule has 90 valence electrons. The number of rotatable bonds is 4. The van der Waals surface area contributed by atoms with E-state index in [-0.39, 0.29) is 6.42 Å². The molecule has 0 aliphatic carbocycles. The predicted octanol–water partition coefficient (Wildman–Crippen LogP) is 0.761. The van der Waals surface area contributed by atoms with E-state index in [0.29, 0.717) is 5.75 Å². The molecule has 0 bridgehead atoms. The second-order valence-electron chi connectivity index (χ2n) is 3.88. The smallest absolute Gasteiger partial charge is 0.331 e. The van der Waals surface area contributed by atoms with Crippen molar-refractivity contribution in [3.8, 4) is 0 Å². The van der Waals surface area contributed by atoms with Crippen LogP contribution in [0.3, 0.4) is 0 Å². The van der Waals surface area contributed by atoms with Crippen molar-refractivity contribution in [3.63, 3.8) is 0 Å². The molecule has 0 saturated carbocycles. The van der Waals surface area contributed by atoms with Crippen LogP contribution < -0.4 is 0 Å². The second-order valence-corrected chi connectivity index (χ2v) is 4.87. The summed E-state index contributed by atoms with van der Waals surface area (Å²) in [6.07, 6.45) is 2.00. The molecule has 0 atom stereocenters. The van der Waals surface area contributed by atoms with Crippen LogP contribution in [0.1, 0.15) is 20.3 Å². The van der Waals surface area contributed by atoms with Crippen molar-refractivity contribution in [2.75, 3.05) is 12.0 Å². The molecule has 0 radical (unpaired) electrons. The zero-order valence-corrected chi connectivity index (χ0v) is 10.3. The number of hydrogen-bond donors (Lipinski definition) is 0. The van der Waals surface area contributed by atoms with Crippen LogP contribution in [-0.4, -0.2) is 35.5 Å². The molecular formula is C10H14O5S. The van der Waals surface area contributed by atoms with E-state index in [9.17, 15) is 14.4 Å². The van der Waals surface area contributed by atoms with Gasteiger partial charge in [0.15, 0.2) is 5.78 Å². The van der Waals surface area contributed by atoms with E-state index in [0.717, 1.165) is 0 Å². The highest BCUT2D eigenvalue weighted by molar-refractivity contribution is 7.98. The quantitative estimate of drug-likeness (QED) is 0.539. The third-order valence-electron chi connectivity index (χ3n) is 2.04. The summed E-state index contributed by atoms with van der Waals surface area (Å²) in [7, 11) is 0. The summed E-state index contributed by atoms with van der Waals surface area (Å²) in [5.41, 5.74) is 0. The Bertz CT molecular complexity index is 303. The number of thioether (sulfide) groups is 1. The molecule has 0 unspecified atom stereocenters. The number of esters is 2. The van der Waals surface area contributed by atoms with Crippen LogP contribution in [0.5, 0.6) is 0 Å². The summed E-state index contributed by atoms with van der Waals surface area (Å²) < 4.78 is 9.70. The summed E-state index contributed by atoms with van der Waals surface area (Å²) in [6, 6.07) is 0. The third kappa shape index (κ3) is 2.98. The van der Waals surface area contributed by atoms with Crippen LogP contribution in [0.25, 0.3) is 0 Å². The lowest BCUT2D eigenvalue weighted by Gasteiger charge is -2.32. The third-order valence-corrected chi connectivity index (χ3v) is 2.65. The summed E-state index contributed by atoms with van der Waals surface area (Å²) in [5, 5.41) is 0. The first-order valence-corrected chi connectivity index (χ1v) is 6.24. The fourth-order valence-corrected chi connectivity index (χ4v) is 1.73. The van der Waals surface area contributed by atoms with Crippen LogP contribution in [-0.2, 0) is 23.9 Å². The fourth-order valence-electron chi connectivity index (χ4n) is 1.33. The van der Waals surface area contributed by atoms with Crippen molar-refractivity contribution in [1.82, 2.24) is 0 Å². The van der Waals surface area contributed by atoms with Gasteiger partial charge in [0.05, 0.1) is 0 Å². The number of ether oxygens (including phenoxy) is 2. The van der Waals surface area contributed by atoms with Gasteiger partial charge in [-0.15, -0.1) is 0 Å². The average molecular weight is 246 g/mol. The van der Waals surface area contributed by atoms with Crippen LogP contribution in [0, 0.1) is 5.92 Å².